The quantitative estimate of drug-likeness (QED) is 0.784. The second-order valence-electron chi connectivity index (χ2n) is 7.58. The fraction of sp³-hybridized carbons (Fsp3) is 0.632. The van der Waals surface area contributed by atoms with Crippen molar-refractivity contribution in [2.24, 2.45) is 0 Å². The average Bonchev–Trinajstić information content (AvgIpc) is 3.15. The predicted octanol–water partition coefficient (Wildman–Crippen LogP) is 0.430. The van der Waals surface area contributed by atoms with Crippen LogP contribution in [0, 0.1) is 13.8 Å². The van der Waals surface area contributed by atoms with Crippen molar-refractivity contribution in [3.63, 3.8) is 0 Å². The maximum absolute atomic E-state index is 12.8. The summed E-state index contributed by atoms with van der Waals surface area (Å²) in [6.07, 6.45) is 0.958. The molecule has 0 spiro atoms. The van der Waals surface area contributed by atoms with Gasteiger partial charge in [0.15, 0.2) is 0 Å². The zero-order chi connectivity index (χ0) is 19.6. The second kappa shape index (κ2) is 8.26. The number of nitrogens with zero attached hydrogens (tertiary/aromatic N) is 3. The number of aryl methyl sites for hydroxylation is 2. The van der Waals surface area contributed by atoms with Crippen molar-refractivity contribution >= 4 is 15.9 Å². The first-order valence-corrected chi connectivity index (χ1v) is 11.0. The van der Waals surface area contributed by atoms with Gasteiger partial charge in [-0.25, -0.2) is 8.42 Å². The van der Waals surface area contributed by atoms with Gasteiger partial charge < -0.3 is 10.2 Å². The van der Waals surface area contributed by atoms with E-state index in [-0.39, 0.29) is 17.3 Å². The summed E-state index contributed by atoms with van der Waals surface area (Å²) in [6, 6.07) is 5.46. The third-order valence-corrected chi connectivity index (χ3v) is 7.53. The van der Waals surface area contributed by atoms with E-state index in [0.29, 0.717) is 19.1 Å². The molecule has 1 atom stereocenters. The van der Waals surface area contributed by atoms with Crippen molar-refractivity contribution in [2.75, 3.05) is 52.9 Å². The van der Waals surface area contributed by atoms with Crippen LogP contribution in [0.5, 0.6) is 0 Å². The van der Waals surface area contributed by atoms with Crippen LogP contribution in [0.3, 0.4) is 0 Å². The maximum Gasteiger partial charge on any atom is 0.243 e. The number of amides is 1. The first kappa shape index (κ1) is 20.3. The minimum atomic E-state index is -3.67. The van der Waals surface area contributed by atoms with Crippen molar-refractivity contribution in [1.82, 2.24) is 19.4 Å². The number of hydrogen-bond donors (Lipinski definition) is 1. The zero-order valence-corrected chi connectivity index (χ0v) is 17.3. The molecule has 2 saturated heterocycles. The number of nitrogens with one attached hydrogen (secondary N) is 1. The van der Waals surface area contributed by atoms with E-state index in [1.165, 1.54) is 7.05 Å². The topological polar surface area (TPSA) is 73.0 Å². The van der Waals surface area contributed by atoms with Crippen LogP contribution in [0.4, 0.5) is 0 Å². The molecule has 8 heteroatoms. The van der Waals surface area contributed by atoms with Gasteiger partial charge in [0.25, 0.3) is 0 Å². The summed E-state index contributed by atoms with van der Waals surface area (Å²) in [6.45, 7) is 9.09. The van der Waals surface area contributed by atoms with Crippen LogP contribution < -0.4 is 5.32 Å². The first-order chi connectivity index (χ1) is 12.8. The molecular weight excluding hydrogens is 364 g/mol. The summed E-state index contributed by atoms with van der Waals surface area (Å²) in [5.41, 5.74) is 1.97. The molecule has 0 saturated carbocycles. The first-order valence-electron chi connectivity index (χ1n) is 9.55. The summed E-state index contributed by atoms with van der Waals surface area (Å²) in [5.74, 6) is -0.123. The lowest BCUT2D eigenvalue weighted by Crippen LogP contribution is -2.49. The Morgan fingerprint density at radius 1 is 1.19 bits per heavy atom. The minimum absolute atomic E-state index is 0.121. The number of likely N-dealkylation sites (tertiary alicyclic amines) is 1. The molecule has 27 heavy (non-hydrogen) atoms. The Balaban J connectivity index is 1.60. The number of sulfonamides is 1. The van der Waals surface area contributed by atoms with Crippen molar-refractivity contribution in [3.8, 4) is 0 Å². The van der Waals surface area contributed by atoms with E-state index in [9.17, 15) is 13.2 Å². The number of benzene rings is 1. The molecule has 0 bridgehead atoms. The van der Waals surface area contributed by atoms with Crippen molar-refractivity contribution in [1.29, 1.82) is 0 Å². The normalized spacial score (nSPS) is 21.8. The van der Waals surface area contributed by atoms with Crippen molar-refractivity contribution in [3.05, 3.63) is 29.3 Å². The Bertz CT molecular complexity index is 790. The highest BCUT2D eigenvalue weighted by Crippen LogP contribution is 2.20. The lowest BCUT2D eigenvalue weighted by atomic mass is 10.1. The van der Waals surface area contributed by atoms with Gasteiger partial charge in [0.1, 0.15) is 0 Å². The molecule has 150 valence electrons. The molecule has 2 fully saturated rings. The summed E-state index contributed by atoms with van der Waals surface area (Å²) in [7, 11) is -2.19. The van der Waals surface area contributed by atoms with E-state index < -0.39 is 10.0 Å². The molecule has 2 heterocycles. The van der Waals surface area contributed by atoms with Gasteiger partial charge in [0, 0.05) is 52.4 Å². The molecule has 1 N–H and O–H groups in total. The van der Waals surface area contributed by atoms with Gasteiger partial charge in [-0.15, -0.1) is 0 Å². The average molecular weight is 395 g/mol. The van der Waals surface area contributed by atoms with Gasteiger partial charge in [-0.05, 0) is 43.5 Å². The summed E-state index contributed by atoms with van der Waals surface area (Å²) in [4.78, 5) is 17.1. The number of piperazine rings is 1. The van der Waals surface area contributed by atoms with Crippen LogP contribution in [-0.4, -0.2) is 87.3 Å². The molecule has 1 unspecified atom stereocenters. The second-order valence-corrected chi connectivity index (χ2v) is 9.62. The molecule has 7 nitrogen and oxygen atoms in total. The summed E-state index contributed by atoms with van der Waals surface area (Å²) in [5, 5.41) is 3.34. The molecule has 1 aromatic rings. The van der Waals surface area contributed by atoms with Crippen LogP contribution in [0.25, 0.3) is 0 Å². The monoisotopic (exact) mass is 394 g/mol. The number of rotatable bonds is 5. The molecule has 3 rings (SSSR count). The lowest BCUT2D eigenvalue weighted by Gasteiger charge is -2.32. The molecule has 1 amide bonds. The van der Waals surface area contributed by atoms with Gasteiger partial charge in [-0.1, -0.05) is 6.07 Å². The van der Waals surface area contributed by atoms with Gasteiger partial charge in [-0.2, -0.15) is 4.31 Å². The van der Waals surface area contributed by atoms with E-state index in [1.807, 2.05) is 13.8 Å². The molecule has 2 aliphatic rings. The van der Waals surface area contributed by atoms with Gasteiger partial charge >= 0.3 is 0 Å². The SMILES string of the molecule is Cc1ccc(S(=O)(=O)N(C)CC(=O)N2CCC(N3CCNCC3)C2)cc1C. The number of carbonyl (C=O) groups excluding carboxylic acids is 1. The lowest BCUT2D eigenvalue weighted by molar-refractivity contribution is -0.130. The third kappa shape index (κ3) is 4.51. The number of hydrogen-bond acceptors (Lipinski definition) is 5. The van der Waals surface area contributed by atoms with Crippen molar-refractivity contribution in [2.45, 2.75) is 31.2 Å². The zero-order valence-electron chi connectivity index (χ0n) is 16.4. The predicted molar refractivity (Wildman–Crippen MR) is 105 cm³/mol. The smallest absolute Gasteiger partial charge is 0.243 e. The Kier molecular flexibility index (Phi) is 6.20. The van der Waals surface area contributed by atoms with Gasteiger partial charge in [0.05, 0.1) is 11.4 Å². The van der Waals surface area contributed by atoms with Crippen LogP contribution in [0.2, 0.25) is 0 Å². The summed E-state index contributed by atoms with van der Waals surface area (Å²) < 4.78 is 26.8. The molecule has 1 aromatic carbocycles. The molecule has 2 aliphatic heterocycles. The molecule has 0 aliphatic carbocycles. The summed E-state index contributed by atoms with van der Waals surface area (Å²) >= 11 is 0. The van der Waals surface area contributed by atoms with Crippen LogP contribution in [-0.2, 0) is 14.8 Å². The van der Waals surface area contributed by atoms with Crippen LogP contribution >= 0.6 is 0 Å². The highest BCUT2D eigenvalue weighted by molar-refractivity contribution is 7.89. The standard InChI is InChI=1S/C19H30N4O3S/c1-15-4-5-18(12-16(15)2)27(25,26)21(3)14-19(24)23-9-6-17(13-23)22-10-7-20-8-11-22/h4-5,12,17,20H,6-11,13-14H2,1-3H3. The molecule has 0 radical (unpaired) electrons. The van der Waals surface area contributed by atoms with E-state index >= 15 is 0 Å². The Labute approximate surface area is 162 Å². The Hall–Kier alpha value is -1.48. The Morgan fingerprint density at radius 3 is 2.56 bits per heavy atom. The highest BCUT2D eigenvalue weighted by Gasteiger charge is 2.32. The van der Waals surface area contributed by atoms with Crippen LogP contribution in [0.15, 0.2) is 23.1 Å². The van der Waals surface area contributed by atoms with E-state index in [4.69, 9.17) is 0 Å². The molecular formula is C19H30N4O3S. The third-order valence-electron chi connectivity index (χ3n) is 5.73. The number of likely N-dealkylation sites (N-methyl/N-ethyl adjacent to an activating group) is 1. The van der Waals surface area contributed by atoms with Gasteiger partial charge in [0.2, 0.25) is 15.9 Å². The maximum atomic E-state index is 12.8. The van der Waals surface area contributed by atoms with E-state index in [1.54, 1.807) is 23.1 Å². The van der Waals surface area contributed by atoms with E-state index in [2.05, 4.69) is 10.2 Å². The highest BCUT2D eigenvalue weighted by atomic mass is 32.2. The Morgan fingerprint density at radius 2 is 1.89 bits per heavy atom. The van der Waals surface area contributed by atoms with Gasteiger partial charge in [-0.3, -0.25) is 9.69 Å². The van der Waals surface area contributed by atoms with E-state index in [0.717, 1.165) is 48.0 Å². The van der Waals surface area contributed by atoms with Crippen LogP contribution in [0.1, 0.15) is 17.5 Å². The minimum Gasteiger partial charge on any atom is -0.340 e. The fourth-order valence-electron chi connectivity index (χ4n) is 3.74. The largest absolute Gasteiger partial charge is 0.340 e. The molecule has 0 aromatic heterocycles. The fourth-order valence-corrected chi connectivity index (χ4v) is 4.95. The van der Waals surface area contributed by atoms with Crippen molar-refractivity contribution < 1.29 is 13.2 Å². The number of carbonyl (C=O) groups is 1.